The van der Waals surface area contributed by atoms with Crippen LogP contribution in [0.5, 0.6) is 0 Å². The van der Waals surface area contributed by atoms with Gasteiger partial charge in [-0.25, -0.2) is 0 Å². The van der Waals surface area contributed by atoms with Gasteiger partial charge in [0.15, 0.2) is 0 Å². The molecule has 0 heterocycles. The zero-order valence-corrected chi connectivity index (χ0v) is 13.9. The van der Waals surface area contributed by atoms with Crippen LogP contribution in [0.3, 0.4) is 0 Å². The molecule has 0 amide bonds. The van der Waals surface area contributed by atoms with E-state index in [-0.39, 0.29) is 11.6 Å². The highest BCUT2D eigenvalue weighted by molar-refractivity contribution is 7.51. The van der Waals surface area contributed by atoms with E-state index in [1.54, 1.807) is 6.08 Å². The minimum absolute atomic E-state index is 0.179. The van der Waals surface area contributed by atoms with E-state index in [9.17, 15) is 4.57 Å². The normalized spacial score (nSPS) is 20.8. The Hall–Kier alpha value is -0.630. The summed E-state index contributed by atoms with van der Waals surface area (Å²) in [6.07, 6.45) is 10.00. The fourth-order valence-electron chi connectivity index (χ4n) is 2.77. The molecule has 2 N–H and O–H groups in total. The van der Waals surface area contributed by atoms with Gasteiger partial charge in [-0.3, -0.25) is 4.57 Å². The van der Waals surface area contributed by atoms with E-state index in [0.29, 0.717) is 0 Å². The van der Waals surface area contributed by atoms with E-state index >= 15 is 0 Å². The Bertz CT molecular complexity index is 478. The Kier molecular flexibility index (Phi) is 6.00. The van der Waals surface area contributed by atoms with E-state index in [4.69, 9.17) is 9.79 Å². The zero-order valence-electron chi connectivity index (χ0n) is 13.0. The van der Waals surface area contributed by atoms with Crippen LogP contribution in [0.25, 0.3) is 0 Å². The summed E-state index contributed by atoms with van der Waals surface area (Å²) in [5, 5.41) is 0. The topological polar surface area (TPSA) is 57.5 Å². The molecule has 0 aromatic carbocycles. The molecule has 0 aliphatic heterocycles. The lowest BCUT2D eigenvalue weighted by atomic mass is 9.72. The van der Waals surface area contributed by atoms with Gasteiger partial charge in [0, 0.05) is 0 Å². The molecule has 0 radical (unpaired) electrons. The van der Waals surface area contributed by atoms with Crippen molar-refractivity contribution >= 4 is 7.60 Å². The van der Waals surface area contributed by atoms with Crippen LogP contribution in [0.4, 0.5) is 0 Å². The third-order valence-electron chi connectivity index (χ3n) is 4.01. The molecule has 0 aromatic heterocycles. The molecule has 0 atom stereocenters. The molecule has 20 heavy (non-hydrogen) atoms. The maximum atomic E-state index is 10.9. The van der Waals surface area contributed by atoms with Crippen molar-refractivity contribution in [2.75, 3.05) is 6.16 Å². The number of hydrogen-bond donors (Lipinski definition) is 2. The first kappa shape index (κ1) is 17.4. The van der Waals surface area contributed by atoms with Gasteiger partial charge in [0.2, 0.25) is 0 Å². The molecule has 0 fully saturated rings. The molecule has 0 bridgehead atoms. The molecule has 114 valence electrons. The minimum Gasteiger partial charge on any atom is -0.324 e. The molecule has 4 heteroatoms. The van der Waals surface area contributed by atoms with Gasteiger partial charge in [-0.15, -0.1) is 0 Å². The number of rotatable bonds is 5. The van der Waals surface area contributed by atoms with E-state index in [1.165, 1.54) is 24.0 Å². The van der Waals surface area contributed by atoms with Gasteiger partial charge in [-0.05, 0) is 43.6 Å². The molecular weight excluding hydrogens is 271 g/mol. The van der Waals surface area contributed by atoms with Gasteiger partial charge < -0.3 is 9.79 Å². The molecule has 1 rings (SSSR count). The Morgan fingerprint density at radius 3 is 2.55 bits per heavy atom. The quantitative estimate of drug-likeness (QED) is 0.577. The molecule has 0 spiro atoms. The van der Waals surface area contributed by atoms with E-state index < -0.39 is 7.60 Å². The predicted molar refractivity (Wildman–Crippen MR) is 84.8 cm³/mol. The number of allylic oxidation sites excluding steroid dienone is 6. The minimum atomic E-state index is -3.95. The average molecular weight is 298 g/mol. The SMILES string of the molecule is CCC(C=CC1=C(C)CCCC1(C)C)=CCP(=O)(O)O. The summed E-state index contributed by atoms with van der Waals surface area (Å²) in [4.78, 5) is 17.9. The van der Waals surface area contributed by atoms with Gasteiger partial charge >= 0.3 is 7.60 Å². The van der Waals surface area contributed by atoms with Crippen LogP contribution in [0, 0.1) is 5.41 Å². The molecule has 1 aliphatic rings. The van der Waals surface area contributed by atoms with Crippen molar-refractivity contribution in [1.29, 1.82) is 0 Å². The Morgan fingerprint density at radius 2 is 2.05 bits per heavy atom. The van der Waals surface area contributed by atoms with Crippen LogP contribution in [0.15, 0.2) is 34.9 Å². The third-order valence-corrected chi connectivity index (χ3v) is 4.66. The van der Waals surface area contributed by atoms with Gasteiger partial charge in [0.25, 0.3) is 0 Å². The lowest BCUT2D eigenvalue weighted by Crippen LogP contribution is -2.19. The molecule has 0 saturated carbocycles. The second-order valence-electron chi connectivity index (χ2n) is 6.24. The largest absolute Gasteiger partial charge is 0.329 e. The monoisotopic (exact) mass is 298 g/mol. The summed E-state index contributed by atoms with van der Waals surface area (Å²) in [5.41, 5.74) is 3.98. The summed E-state index contributed by atoms with van der Waals surface area (Å²) >= 11 is 0. The first-order valence-electron chi connectivity index (χ1n) is 7.27. The lowest BCUT2D eigenvalue weighted by molar-refractivity contribution is 0.376. The van der Waals surface area contributed by atoms with Crippen molar-refractivity contribution in [1.82, 2.24) is 0 Å². The molecule has 0 aromatic rings. The van der Waals surface area contributed by atoms with Crippen LogP contribution in [0.2, 0.25) is 0 Å². The maximum absolute atomic E-state index is 10.9. The molecule has 3 nitrogen and oxygen atoms in total. The van der Waals surface area contributed by atoms with Gasteiger partial charge in [-0.1, -0.05) is 50.1 Å². The first-order valence-corrected chi connectivity index (χ1v) is 9.07. The summed E-state index contributed by atoms with van der Waals surface area (Å²) in [6, 6.07) is 0. The van der Waals surface area contributed by atoms with E-state index in [0.717, 1.165) is 18.4 Å². The summed E-state index contributed by atoms with van der Waals surface area (Å²) in [6.45, 7) is 8.72. The zero-order chi connectivity index (χ0) is 15.4. The molecule has 1 aliphatic carbocycles. The van der Waals surface area contributed by atoms with Crippen LogP contribution in [0.1, 0.15) is 53.4 Å². The Morgan fingerprint density at radius 1 is 1.40 bits per heavy atom. The van der Waals surface area contributed by atoms with E-state index in [1.807, 2.05) is 13.0 Å². The van der Waals surface area contributed by atoms with Crippen molar-refractivity contribution in [2.45, 2.75) is 53.4 Å². The van der Waals surface area contributed by atoms with Crippen LogP contribution in [-0.2, 0) is 4.57 Å². The highest BCUT2D eigenvalue weighted by Gasteiger charge is 2.26. The molecular formula is C16H27O3P. The second-order valence-corrected chi connectivity index (χ2v) is 7.94. The fourth-order valence-corrected chi connectivity index (χ4v) is 3.24. The van der Waals surface area contributed by atoms with Gasteiger partial charge in [-0.2, -0.15) is 0 Å². The smallest absolute Gasteiger partial charge is 0.324 e. The first-order chi connectivity index (χ1) is 9.15. The van der Waals surface area contributed by atoms with Crippen molar-refractivity contribution in [3.8, 4) is 0 Å². The average Bonchev–Trinajstić information content (AvgIpc) is 2.30. The Balaban J connectivity index is 2.91. The lowest BCUT2D eigenvalue weighted by Gasteiger charge is -2.33. The second kappa shape index (κ2) is 6.89. The highest BCUT2D eigenvalue weighted by atomic mass is 31.2. The summed E-state index contributed by atoms with van der Waals surface area (Å²) in [7, 11) is -3.95. The van der Waals surface area contributed by atoms with Gasteiger partial charge in [0.1, 0.15) is 0 Å². The Labute approximate surface area is 122 Å². The van der Waals surface area contributed by atoms with Crippen molar-refractivity contribution in [2.24, 2.45) is 5.41 Å². The van der Waals surface area contributed by atoms with Gasteiger partial charge in [0.05, 0.1) is 6.16 Å². The maximum Gasteiger partial charge on any atom is 0.329 e. The number of hydrogen-bond acceptors (Lipinski definition) is 1. The molecule has 0 saturated heterocycles. The standard InChI is InChI=1S/C16H27O3P/c1-5-14(10-12-20(17,18)19)8-9-15-13(2)7-6-11-16(15,3)4/h8-10H,5-7,11-12H2,1-4H3,(H2,17,18,19). The summed E-state index contributed by atoms with van der Waals surface area (Å²) < 4.78 is 10.9. The highest BCUT2D eigenvalue weighted by Crippen LogP contribution is 2.41. The van der Waals surface area contributed by atoms with Crippen LogP contribution < -0.4 is 0 Å². The van der Waals surface area contributed by atoms with E-state index in [2.05, 4.69) is 26.8 Å². The van der Waals surface area contributed by atoms with Crippen LogP contribution >= 0.6 is 7.60 Å². The fraction of sp³-hybridized carbons (Fsp3) is 0.625. The van der Waals surface area contributed by atoms with Crippen molar-refractivity contribution < 1.29 is 14.4 Å². The third kappa shape index (κ3) is 5.40. The predicted octanol–water partition coefficient (Wildman–Crippen LogP) is 4.58. The van der Waals surface area contributed by atoms with Crippen LogP contribution in [-0.4, -0.2) is 15.9 Å². The van der Waals surface area contributed by atoms with Crippen molar-refractivity contribution in [3.05, 3.63) is 34.9 Å². The molecule has 0 unspecified atom stereocenters. The summed E-state index contributed by atoms with van der Waals surface area (Å²) in [5.74, 6) is 0. The van der Waals surface area contributed by atoms with Crippen molar-refractivity contribution in [3.63, 3.8) is 0 Å².